The maximum atomic E-state index is 12.7. The van der Waals surface area contributed by atoms with Gasteiger partial charge in [0, 0.05) is 6.54 Å². The zero-order valence-electron chi connectivity index (χ0n) is 10.6. The molecule has 21 heavy (non-hydrogen) atoms. The summed E-state index contributed by atoms with van der Waals surface area (Å²) >= 11 is 0.728. The van der Waals surface area contributed by atoms with Gasteiger partial charge in [0.15, 0.2) is 5.16 Å². The zero-order chi connectivity index (χ0) is 15.6. The molecule has 0 bridgehead atoms. The topological polar surface area (TPSA) is 87.4 Å². The maximum absolute atomic E-state index is 12.7. The second-order valence-corrected chi connectivity index (χ2v) is 4.77. The number of pyridine rings is 1. The summed E-state index contributed by atoms with van der Waals surface area (Å²) in [4.78, 5) is 14.8. The Morgan fingerprint density at radius 2 is 2.19 bits per heavy atom. The molecule has 110 valence electrons. The Kier molecular flexibility index (Phi) is 4.04. The fraction of sp³-hybridized carbons (Fsp3) is 0.273. The summed E-state index contributed by atoms with van der Waals surface area (Å²) in [5.74, 6) is 0. The Morgan fingerprint density at radius 1 is 1.48 bits per heavy atom. The highest BCUT2D eigenvalue weighted by molar-refractivity contribution is 7.99. The second-order valence-electron chi connectivity index (χ2n) is 3.82. The minimum absolute atomic E-state index is 0.0221. The third kappa shape index (κ3) is 3.08. The lowest BCUT2D eigenvalue weighted by atomic mass is 10.2. The second kappa shape index (κ2) is 5.61. The van der Waals surface area contributed by atoms with E-state index in [1.54, 1.807) is 13.0 Å². The highest BCUT2D eigenvalue weighted by Gasteiger charge is 2.33. The van der Waals surface area contributed by atoms with Crippen molar-refractivity contribution >= 4 is 11.8 Å². The Labute approximate surface area is 120 Å². The molecule has 0 aliphatic rings. The van der Waals surface area contributed by atoms with Gasteiger partial charge in [-0.15, -0.1) is 5.10 Å². The van der Waals surface area contributed by atoms with Gasteiger partial charge in [-0.2, -0.15) is 18.4 Å². The van der Waals surface area contributed by atoms with Crippen LogP contribution >= 0.6 is 11.8 Å². The van der Waals surface area contributed by atoms with Gasteiger partial charge in [-0.3, -0.25) is 4.57 Å². The molecular formula is C11H8F3N5OS. The summed E-state index contributed by atoms with van der Waals surface area (Å²) in [6, 6.07) is 3.54. The van der Waals surface area contributed by atoms with E-state index in [1.165, 1.54) is 4.57 Å². The zero-order valence-corrected chi connectivity index (χ0v) is 11.4. The van der Waals surface area contributed by atoms with Crippen molar-refractivity contribution in [2.24, 2.45) is 0 Å². The van der Waals surface area contributed by atoms with Gasteiger partial charge in [-0.05, 0) is 30.8 Å². The molecule has 0 radical (unpaired) electrons. The molecule has 2 heterocycles. The molecule has 2 aromatic rings. The molecule has 0 aliphatic heterocycles. The predicted octanol–water partition coefficient (Wildman–Crippen LogP) is 2.03. The number of aromatic nitrogens is 4. The van der Waals surface area contributed by atoms with Crippen molar-refractivity contribution in [3.05, 3.63) is 33.9 Å². The molecule has 0 aliphatic carbocycles. The van der Waals surface area contributed by atoms with E-state index in [9.17, 15) is 18.0 Å². The highest BCUT2D eigenvalue weighted by atomic mass is 32.2. The van der Waals surface area contributed by atoms with Crippen molar-refractivity contribution in [3.63, 3.8) is 0 Å². The Hall–Kier alpha value is -2.28. The average Bonchev–Trinajstić information content (AvgIpc) is 2.78. The van der Waals surface area contributed by atoms with Gasteiger partial charge in [0.1, 0.15) is 16.8 Å². The van der Waals surface area contributed by atoms with Crippen molar-refractivity contribution < 1.29 is 13.2 Å². The Morgan fingerprint density at radius 3 is 2.76 bits per heavy atom. The number of nitrogens with zero attached hydrogens (tertiary/aromatic N) is 4. The number of alkyl halides is 3. The quantitative estimate of drug-likeness (QED) is 0.936. The summed E-state index contributed by atoms with van der Waals surface area (Å²) < 4.78 is 39.2. The number of rotatable bonds is 3. The largest absolute Gasteiger partial charge is 0.433 e. The number of nitrogens with one attached hydrogen (secondary N) is 1. The Bertz CT molecular complexity index is 758. The maximum Gasteiger partial charge on any atom is 0.433 e. The van der Waals surface area contributed by atoms with Gasteiger partial charge in [-0.1, -0.05) is 0 Å². The SMILES string of the molecule is CCn1c(Sc2nc(C(F)(F)F)ccc2C#N)n[nH]c1=O. The Balaban J connectivity index is 2.47. The standard InChI is InChI=1S/C11H8F3N5OS/c1-2-19-9(20)17-18-10(19)21-8-6(5-15)3-4-7(16-8)11(12,13)14/h3-4H,2H2,1H3,(H,17,20). The molecule has 0 amide bonds. The monoisotopic (exact) mass is 315 g/mol. The van der Waals surface area contributed by atoms with Crippen molar-refractivity contribution in [1.82, 2.24) is 19.7 Å². The number of nitriles is 1. The first-order chi connectivity index (χ1) is 9.86. The number of aromatic amines is 1. The van der Waals surface area contributed by atoms with Crippen LogP contribution in [0.25, 0.3) is 0 Å². The molecule has 2 aromatic heterocycles. The summed E-state index contributed by atoms with van der Waals surface area (Å²) in [7, 11) is 0. The molecule has 10 heteroatoms. The smallest absolute Gasteiger partial charge is 0.270 e. The number of hydrogen-bond donors (Lipinski definition) is 1. The van der Waals surface area contributed by atoms with E-state index in [0.717, 1.165) is 23.9 Å². The van der Waals surface area contributed by atoms with Crippen molar-refractivity contribution in [1.29, 1.82) is 5.26 Å². The minimum atomic E-state index is -4.61. The molecule has 0 unspecified atom stereocenters. The number of H-pyrrole nitrogens is 1. The van der Waals surface area contributed by atoms with Crippen LogP contribution in [0.5, 0.6) is 0 Å². The first kappa shape index (κ1) is 15.1. The molecule has 1 N–H and O–H groups in total. The van der Waals surface area contributed by atoms with Crippen molar-refractivity contribution in [3.8, 4) is 6.07 Å². The highest BCUT2D eigenvalue weighted by Crippen LogP contribution is 2.32. The van der Waals surface area contributed by atoms with E-state index < -0.39 is 17.6 Å². The van der Waals surface area contributed by atoms with Crippen LogP contribution in [0.15, 0.2) is 27.1 Å². The number of hydrogen-bond acceptors (Lipinski definition) is 5. The van der Waals surface area contributed by atoms with Gasteiger partial charge in [-0.25, -0.2) is 14.9 Å². The van der Waals surface area contributed by atoms with Gasteiger partial charge < -0.3 is 0 Å². The van der Waals surface area contributed by atoms with E-state index in [2.05, 4.69) is 15.2 Å². The summed E-state index contributed by atoms with van der Waals surface area (Å²) in [5, 5.41) is 14.8. The lowest BCUT2D eigenvalue weighted by molar-refractivity contribution is -0.141. The van der Waals surface area contributed by atoms with Gasteiger partial charge in [0.25, 0.3) is 0 Å². The van der Waals surface area contributed by atoms with Crippen molar-refractivity contribution in [2.45, 2.75) is 29.8 Å². The van der Waals surface area contributed by atoms with Crippen LogP contribution in [0.4, 0.5) is 13.2 Å². The van der Waals surface area contributed by atoms with Crippen molar-refractivity contribution in [2.75, 3.05) is 0 Å². The minimum Gasteiger partial charge on any atom is -0.270 e. The predicted molar refractivity (Wildman–Crippen MR) is 66.6 cm³/mol. The van der Waals surface area contributed by atoms with Gasteiger partial charge in [0.05, 0.1) is 5.56 Å². The lowest BCUT2D eigenvalue weighted by Crippen LogP contribution is -2.16. The first-order valence-corrected chi connectivity index (χ1v) is 6.50. The van der Waals surface area contributed by atoms with Crippen LogP contribution in [0.1, 0.15) is 18.2 Å². The van der Waals surface area contributed by atoms with Crippen LogP contribution in [-0.4, -0.2) is 19.7 Å². The molecule has 0 saturated heterocycles. The fourth-order valence-electron chi connectivity index (χ4n) is 1.51. The van der Waals surface area contributed by atoms with E-state index in [1.807, 2.05) is 0 Å². The molecule has 0 aromatic carbocycles. The fourth-order valence-corrected chi connectivity index (χ4v) is 2.46. The van der Waals surface area contributed by atoms with Crippen LogP contribution < -0.4 is 5.69 Å². The van der Waals surface area contributed by atoms with Crippen LogP contribution in [-0.2, 0) is 12.7 Å². The molecule has 0 spiro atoms. The van der Waals surface area contributed by atoms with Gasteiger partial charge in [0.2, 0.25) is 0 Å². The molecular weight excluding hydrogens is 307 g/mol. The van der Waals surface area contributed by atoms with Crippen LogP contribution in [0, 0.1) is 11.3 Å². The first-order valence-electron chi connectivity index (χ1n) is 5.68. The van der Waals surface area contributed by atoms with Crippen LogP contribution in [0.2, 0.25) is 0 Å². The normalized spacial score (nSPS) is 11.4. The molecule has 6 nitrogen and oxygen atoms in total. The summed E-state index contributed by atoms with van der Waals surface area (Å²) in [5.41, 5.74) is -1.61. The van der Waals surface area contributed by atoms with Crippen LogP contribution in [0.3, 0.4) is 0 Å². The van der Waals surface area contributed by atoms with E-state index in [4.69, 9.17) is 5.26 Å². The summed E-state index contributed by atoms with van der Waals surface area (Å²) in [6.07, 6.45) is -4.61. The van der Waals surface area contributed by atoms with E-state index in [0.29, 0.717) is 6.54 Å². The molecule has 0 saturated carbocycles. The van der Waals surface area contributed by atoms with E-state index >= 15 is 0 Å². The molecule has 0 atom stereocenters. The van der Waals surface area contributed by atoms with E-state index in [-0.39, 0.29) is 15.7 Å². The lowest BCUT2D eigenvalue weighted by Gasteiger charge is -2.08. The molecule has 2 rings (SSSR count). The summed E-state index contributed by atoms with van der Waals surface area (Å²) in [6.45, 7) is 1.98. The third-order valence-electron chi connectivity index (χ3n) is 2.50. The molecule has 0 fully saturated rings. The number of halogens is 3. The average molecular weight is 315 g/mol. The van der Waals surface area contributed by atoms with Gasteiger partial charge >= 0.3 is 11.9 Å². The third-order valence-corrected chi connectivity index (χ3v) is 3.50.